The number of esters is 1. The van der Waals surface area contributed by atoms with E-state index in [1.54, 1.807) is 23.4 Å². The number of amides is 1. The second-order valence-electron chi connectivity index (χ2n) is 7.73. The third-order valence-corrected chi connectivity index (χ3v) is 5.57. The zero-order chi connectivity index (χ0) is 21.4. The van der Waals surface area contributed by atoms with Crippen LogP contribution in [0.1, 0.15) is 41.2 Å². The molecule has 0 radical (unpaired) electrons. The second kappa shape index (κ2) is 7.78. The van der Waals surface area contributed by atoms with Gasteiger partial charge in [-0.3, -0.25) is 4.79 Å². The Balaban J connectivity index is 1.55. The number of carbonyl (C=O) groups is 2. The van der Waals surface area contributed by atoms with Crippen molar-refractivity contribution in [2.75, 3.05) is 4.90 Å². The predicted molar refractivity (Wildman–Crippen MR) is 115 cm³/mol. The summed E-state index contributed by atoms with van der Waals surface area (Å²) in [5.41, 5.74) is 4.54. The largest absolute Gasteiger partial charge is 0.449 e. The van der Waals surface area contributed by atoms with Crippen LogP contribution in [0.3, 0.4) is 0 Å². The first kappa shape index (κ1) is 19.9. The van der Waals surface area contributed by atoms with Gasteiger partial charge in [0.2, 0.25) is 0 Å². The zero-order valence-electron chi connectivity index (χ0n) is 17.6. The van der Waals surface area contributed by atoms with Crippen molar-refractivity contribution in [3.8, 4) is 5.69 Å². The summed E-state index contributed by atoms with van der Waals surface area (Å²) in [7, 11) is 0. The van der Waals surface area contributed by atoms with Gasteiger partial charge >= 0.3 is 5.97 Å². The lowest BCUT2D eigenvalue weighted by atomic mass is 10.1. The highest BCUT2D eigenvalue weighted by molar-refractivity contribution is 6.01. The smallest absolute Gasteiger partial charge is 0.342 e. The molecule has 2 atom stereocenters. The molecule has 0 bridgehead atoms. The maximum absolute atomic E-state index is 13.1. The molecule has 0 aliphatic carbocycles. The van der Waals surface area contributed by atoms with Crippen LogP contribution in [0.15, 0.2) is 54.6 Å². The molecular weight excluding hydrogens is 378 g/mol. The molecule has 0 saturated heterocycles. The van der Waals surface area contributed by atoms with Gasteiger partial charge in [-0.1, -0.05) is 36.4 Å². The molecule has 154 valence electrons. The first-order valence-corrected chi connectivity index (χ1v) is 10.1. The highest BCUT2D eigenvalue weighted by atomic mass is 16.5. The van der Waals surface area contributed by atoms with Crippen LogP contribution in [0.2, 0.25) is 0 Å². The summed E-state index contributed by atoms with van der Waals surface area (Å²) >= 11 is 0. The summed E-state index contributed by atoms with van der Waals surface area (Å²) in [6, 6.07) is 17.5. The number of fused-ring (bicyclic) bond motifs is 1. The molecule has 1 aromatic heterocycles. The fourth-order valence-corrected chi connectivity index (χ4v) is 4.13. The molecule has 2 heterocycles. The number of aryl methyl sites for hydroxylation is 1. The molecule has 0 N–H and O–H groups in total. The van der Waals surface area contributed by atoms with E-state index in [9.17, 15) is 9.59 Å². The normalized spacial score (nSPS) is 16.3. The van der Waals surface area contributed by atoms with Gasteiger partial charge in [0.15, 0.2) is 6.10 Å². The van der Waals surface area contributed by atoms with Crippen LogP contribution >= 0.6 is 0 Å². The van der Waals surface area contributed by atoms with Crippen molar-refractivity contribution in [2.24, 2.45) is 0 Å². The average Bonchev–Trinajstić information content (AvgIpc) is 3.22. The molecule has 0 unspecified atom stereocenters. The Morgan fingerprint density at radius 2 is 1.73 bits per heavy atom. The van der Waals surface area contributed by atoms with Gasteiger partial charge in [0.05, 0.1) is 17.1 Å². The number of aromatic nitrogens is 2. The fourth-order valence-electron chi connectivity index (χ4n) is 4.13. The lowest BCUT2D eigenvalue weighted by molar-refractivity contribution is -0.126. The Labute approximate surface area is 176 Å². The molecule has 0 saturated carbocycles. The van der Waals surface area contributed by atoms with E-state index in [1.165, 1.54) is 0 Å². The van der Waals surface area contributed by atoms with Gasteiger partial charge in [-0.05, 0) is 57.9 Å². The molecule has 3 aromatic rings. The molecule has 0 fully saturated rings. The average molecular weight is 403 g/mol. The van der Waals surface area contributed by atoms with Crippen molar-refractivity contribution in [3.63, 3.8) is 0 Å². The van der Waals surface area contributed by atoms with Crippen LogP contribution in [0.4, 0.5) is 5.69 Å². The molecule has 4 rings (SSSR count). The van der Waals surface area contributed by atoms with E-state index in [0.29, 0.717) is 17.0 Å². The van der Waals surface area contributed by atoms with Crippen molar-refractivity contribution in [2.45, 2.75) is 46.3 Å². The Morgan fingerprint density at radius 3 is 2.47 bits per heavy atom. The van der Waals surface area contributed by atoms with E-state index in [1.807, 2.05) is 68.4 Å². The minimum atomic E-state index is -0.898. The summed E-state index contributed by atoms with van der Waals surface area (Å²) in [6.07, 6.45) is -0.102. The number of nitrogens with zero attached hydrogens (tertiary/aromatic N) is 3. The predicted octanol–water partition coefficient (Wildman–Crippen LogP) is 4.01. The van der Waals surface area contributed by atoms with Crippen molar-refractivity contribution in [1.82, 2.24) is 9.78 Å². The Bertz CT molecular complexity index is 1100. The highest BCUT2D eigenvalue weighted by Gasteiger charge is 2.35. The first-order chi connectivity index (χ1) is 14.4. The van der Waals surface area contributed by atoms with Gasteiger partial charge < -0.3 is 9.64 Å². The Morgan fingerprint density at radius 1 is 1.07 bits per heavy atom. The van der Waals surface area contributed by atoms with Gasteiger partial charge in [0.25, 0.3) is 5.91 Å². The third-order valence-electron chi connectivity index (χ3n) is 5.57. The number of hydrogen-bond donors (Lipinski definition) is 0. The van der Waals surface area contributed by atoms with Gasteiger partial charge in [-0.15, -0.1) is 0 Å². The van der Waals surface area contributed by atoms with Crippen molar-refractivity contribution >= 4 is 17.6 Å². The molecular formula is C24H25N3O3. The van der Waals surface area contributed by atoms with Crippen LogP contribution in [0, 0.1) is 13.8 Å². The summed E-state index contributed by atoms with van der Waals surface area (Å²) in [4.78, 5) is 27.8. The summed E-state index contributed by atoms with van der Waals surface area (Å²) in [5, 5.41) is 4.49. The fraction of sp³-hybridized carbons (Fsp3) is 0.292. The summed E-state index contributed by atoms with van der Waals surface area (Å²) in [5.74, 6) is -0.750. The lowest BCUT2D eigenvalue weighted by Gasteiger charge is -2.26. The first-order valence-electron chi connectivity index (χ1n) is 10.1. The molecule has 1 aliphatic rings. The topological polar surface area (TPSA) is 64.4 Å². The van der Waals surface area contributed by atoms with E-state index in [-0.39, 0.29) is 11.9 Å². The molecule has 6 nitrogen and oxygen atoms in total. The maximum atomic E-state index is 13.1. The number of benzene rings is 2. The number of ether oxygens (including phenoxy) is 1. The number of rotatable bonds is 4. The van der Waals surface area contributed by atoms with Gasteiger partial charge in [-0.25, -0.2) is 9.48 Å². The maximum Gasteiger partial charge on any atom is 0.342 e. The number of carbonyl (C=O) groups excluding carboxylic acids is 2. The minimum Gasteiger partial charge on any atom is -0.449 e. The zero-order valence-corrected chi connectivity index (χ0v) is 17.6. The number of hydrogen-bond acceptors (Lipinski definition) is 4. The van der Waals surface area contributed by atoms with Gasteiger partial charge in [0, 0.05) is 11.7 Å². The Kier molecular flexibility index (Phi) is 5.16. The van der Waals surface area contributed by atoms with Crippen molar-refractivity contribution in [3.05, 3.63) is 77.1 Å². The van der Waals surface area contributed by atoms with Gasteiger partial charge in [-0.2, -0.15) is 5.10 Å². The van der Waals surface area contributed by atoms with Crippen LogP contribution in [-0.4, -0.2) is 33.8 Å². The van der Waals surface area contributed by atoms with E-state index >= 15 is 0 Å². The van der Waals surface area contributed by atoms with Crippen LogP contribution in [-0.2, 0) is 16.0 Å². The van der Waals surface area contributed by atoms with E-state index < -0.39 is 12.1 Å². The summed E-state index contributed by atoms with van der Waals surface area (Å²) < 4.78 is 7.32. The van der Waals surface area contributed by atoms with Crippen molar-refractivity contribution in [1.29, 1.82) is 0 Å². The van der Waals surface area contributed by atoms with E-state index in [4.69, 9.17) is 4.74 Å². The Hall–Kier alpha value is -3.41. The van der Waals surface area contributed by atoms with Gasteiger partial charge in [0.1, 0.15) is 5.56 Å². The molecule has 1 amide bonds. The molecule has 0 spiro atoms. The second-order valence-corrected chi connectivity index (χ2v) is 7.73. The molecule has 30 heavy (non-hydrogen) atoms. The quantitative estimate of drug-likeness (QED) is 0.618. The summed E-state index contributed by atoms with van der Waals surface area (Å²) in [6.45, 7) is 7.23. The number of anilines is 1. The molecule has 1 aliphatic heterocycles. The van der Waals surface area contributed by atoms with E-state index in [0.717, 1.165) is 23.4 Å². The monoisotopic (exact) mass is 403 g/mol. The highest BCUT2D eigenvalue weighted by Crippen LogP contribution is 2.32. The van der Waals surface area contributed by atoms with Crippen LogP contribution < -0.4 is 4.90 Å². The van der Waals surface area contributed by atoms with Crippen LogP contribution in [0.25, 0.3) is 5.69 Å². The standard InChI is InChI=1S/C24H25N3O3/c1-15-14-19-10-8-9-13-21(19)26(15)23(28)18(4)30-24(29)22-16(2)25-27(17(22)3)20-11-6-5-7-12-20/h5-13,15,18H,14H2,1-4H3/t15-,18-/m1/s1. The minimum absolute atomic E-state index is 0.0281. The molecule has 6 heteroatoms. The van der Waals surface area contributed by atoms with E-state index in [2.05, 4.69) is 5.10 Å². The number of para-hydroxylation sites is 2. The molecule has 2 aromatic carbocycles. The lowest BCUT2D eigenvalue weighted by Crippen LogP contribution is -2.43. The SMILES string of the molecule is Cc1nn(-c2ccccc2)c(C)c1C(=O)O[C@H](C)C(=O)N1c2ccccc2C[C@H]1C. The van der Waals surface area contributed by atoms with Crippen molar-refractivity contribution < 1.29 is 14.3 Å². The third kappa shape index (κ3) is 3.38. The van der Waals surface area contributed by atoms with Crippen LogP contribution in [0.5, 0.6) is 0 Å².